The van der Waals surface area contributed by atoms with Gasteiger partial charge in [-0.25, -0.2) is 4.79 Å². The van der Waals surface area contributed by atoms with E-state index in [1.165, 1.54) is 4.90 Å². The lowest BCUT2D eigenvalue weighted by Crippen LogP contribution is -2.50. The van der Waals surface area contributed by atoms with Crippen LogP contribution in [0.3, 0.4) is 0 Å². The first-order chi connectivity index (χ1) is 10.1. The molecule has 0 spiro atoms. The van der Waals surface area contributed by atoms with Crippen LogP contribution in [0.1, 0.15) is 18.4 Å². The van der Waals surface area contributed by atoms with Crippen LogP contribution in [-0.4, -0.2) is 42.8 Å². The van der Waals surface area contributed by atoms with Crippen LogP contribution >= 0.6 is 0 Å². The minimum atomic E-state index is -1.01. The van der Waals surface area contributed by atoms with Gasteiger partial charge in [0, 0.05) is 25.8 Å². The number of carbonyl (C=O) groups excluding carboxylic acids is 1. The van der Waals surface area contributed by atoms with Gasteiger partial charge in [0.25, 0.3) is 0 Å². The largest absolute Gasteiger partial charge is 0.480 e. The number of methoxy groups -OCH3 is 1. The van der Waals surface area contributed by atoms with E-state index in [-0.39, 0.29) is 5.91 Å². The molecule has 1 amide bonds. The smallest absolute Gasteiger partial charge is 0.327 e. The number of aliphatic carboxylic acids is 1. The van der Waals surface area contributed by atoms with Crippen LogP contribution in [0.2, 0.25) is 0 Å². The van der Waals surface area contributed by atoms with Gasteiger partial charge in [-0.2, -0.15) is 0 Å². The van der Waals surface area contributed by atoms with Gasteiger partial charge in [0.2, 0.25) is 5.91 Å². The van der Waals surface area contributed by atoms with Gasteiger partial charge < -0.3 is 15.6 Å². The van der Waals surface area contributed by atoms with Gasteiger partial charge in [0.05, 0.1) is 6.04 Å². The van der Waals surface area contributed by atoms with Crippen LogP contribution < -0.4 is 10.6 Å². The second kappa shape index (κ2) is 6.69. The lowest BCUT2D eigenvalue weighted by molar-refractivity contribution is -0.140. The number of amides is 1. The maximum Gasteiger partial charge on any atom is 0.327 e. The molecule has 1 aliphatic heterocycles. The van der Waals surface area contributed by atoms with Gasteiger partial charge in [0.1, 0.15) is 6.04 Å². The van der Waals surface area contributed by atoms with Crippen molar-refractivity contribution in [2.24, 2.45) is 5.73 Å². The second-order valence-corrected chi connectivity index (χ2v) is 5.14. The molecule has 1 aliphatic rings. The number of benzene rings is 1. The molecule has 1 aromatic carbocycles. The standard InChI is InChI=1S/C15H20N2O4/c1-21-8-4-6-11(16)14(18)17-12-7-3-2-5-10(12)9-13(17)15(19)20/h2-3,5,7,11,13H,4,6,8-9,16H2,1H3,(H,19,20)/t11?,13-/m0/s1. The molecule has 0 fully saturated rings. The fourth-order valence-corrected chi connectivity index (χ4v) is 2.61. The molecule has 114 valence electrons. The molecular weight excluding hydrogens is 272 g/mol. The maximum atomic E-state index is 12.5. The first-order valence-corrected chi connectivity index (χ1v) is 6.94. The predicted octanol–water partition coefficient (Wildman–Crippen LogP) is 0.783. The molecule has 1 heterocycles. The summed E-state index contributed by atoms with van der Waals surface area (Å²) in [6, 6.07) is 5.65. The van der Waals surface area contributed by atoms with Crippen LogP contribution in [0.25, 0.3) is 0 Å². The zero-order valence-electron chi connectivity index (χ0n) is 12.0. The molecule has 0 radical (unpaired) electrons. The average Bonchev–Trinajstić information content (AvgIpc) is 2.86. The van der Waals surface area contributed by atoms with Crippen molar-refractivity contribution in [3.63, 3.8) is 0 Å². The molecule has 2 atom stereocenters. The summed E-state index contributed by atoms with van der Waals surface area (Å²) in [7, 11) is 1.59. The summed E-state index contributed by atoms with van der Waals surface area (Å²) in [6.07, 6.45) is 1.45. The molecular formula is C15H20N2O4. The Labute approximate surface area is 123 Å². The van der Waals surface area contributed by atoms with E-state index in [2.05, 4.69) is 0 Å². The highest BCUT2D eigenvalue weighted by Gasteiger charge is 2.39. The molecule has 21 heavy (non-hydrogen) atoms. The van der Waals surface area contributed by atoms with E-state index in [4.69, 9.17) is 10.5 Å². The zero-order valence-corrected chi connectivity index (χ0v) is 12.0. The Balaban J connectivity index is 2.18. The van der Waals surface area contributed by atoms with Gasteiger partial charge in [-0.1, -0.05) is 18.2 Å². The third kappa shape index (κ3) is 3.22. The van der Waals surface area contributed by atoms with Crippen molar-refractivity contribution in [2.45, 2.75) is 31.3 Å². The SMILES string of the molecule is COCCCC(N)C(=O)N1c2ccccc2C[C@H]1C(=O)O. The van der Waals surface area contributed by atoms with Crippen molar-refractivity contribution in [3.05, 3.63) is 29.8 Å². The summed E-state index contributed by atoms with van der Waals surface area (Å²) in [5, 5.41) is 9.35. The predicted molar refractivity (Wildman–Crippen MR) is 78.1 cm³/mol. The van der Waals surface area contributed by atoms with Crippen LogP contribution in [0.5, 0.6) is 0 Å². The van der Waals surface area contributed by atoms with Crippen LogP contribution in [0.15, 0.2) is 24.3 Å². The summed E-state index contributed by atoms with van der Waals surface area (Å²) in [5.74, 6) is -1.35. The number of hydrogen-bond acceptors (Lipinski definition) is 4. The van der Waals surface area contributed by atoms with Gasteiger partial charge in [0.15, 0.2) is 0 Å². The first-order valence-electron chi connectivity index (χ1n) is 6.94. The van der Waals surface area contributed by atoms with Gasteiger partial charge >= 0.3 is 5.97 Å². The van der Waals surface area contributed by atoms with Crippen molar-refractivity contribution < 1.29 is 19.4 Å². The Morgan fingerprint density at radius 2 is 2.19 bits per heavy atom. The number of para-hydroxylation sites is 1. The number of nitrogens with zero attached hydrogens (tertiary/aromatic N) is 1. The van der Waals surface area contributed by atoms with Gasteiger partial charge in [-0.3, -0.25) is 9.69 Å². The number of carboxylic acids is 1. The van der Waals surface area contributed by atoms with E-state index in [1.807, 2.05) is 12.1 Å². The van der Waals surface area contributed by atoms with Crippen molar-refractivity contribution in [1.82, 2.24) is 0 Å². The molecule has 0 aliphatic carbocycles. The van der Waals surface area contributed by atoms with Crippen LogP contribution in [0.4, 0.5) is 5.69 Å². The monoisotopic (exact) mass is 292 g/mol. The van der Waals surface area contributed by atoms with E-state index in [9.17, 15) is 14.7 Å². The lowest BCUT2D eigenvalue weighted by atomic mass is 10.1. The summed E-state index contributed by atoms with van der Waals surface area (Å²) in [4.78, 5) is 25.3. The third-order valence-corrected chi connectivity index (χ3v) is 3.68. The Morgan fingerprint density at radius 1 is 1.48 bits per heavy atom. The van der Waals surface area contributed by atoms with Crippen molar-refractivity contribution in [1.29, 1.82) is 0 Å². The molecule has 0 bridgehead atoms. The van der Waals surface area contributed by atoms with Crippen LogP contribution in [-0.2, 0) is 20.7 Å². The van der Waals surface area contributed by atoms with Gasteiger partial charge in [-0.15, -0.1) is 0 Å². The first kappa shape index (κ1) is 15.5. The Kier molecular flexibility index (Phi) is 4.93. The zero-order chi connectivity index (χ0) is 15.4. The molecule has 0 saturated heterocycles. The number of anilines is 1. The number of carboxylic acid groups (broad SMARTS) is 1. The number of fused-ring (bicyclic) bond motifs is 1. The fraction of sp³-hybridized carbons (Fsp3) is 0.467. The molecule has 6 nitrogen and oxygen atoms in total. The maximum absolute atomic E-state index is 12.5. The summed E-state index contributed by atoms with van der Waals surface area (Å²) in [6.45, 7) is 0.528. The summed E-state index contributed by atoms with van der Waals surface area (Å²) < 4.78 is 4.94. The normalized spacial score (nSPS) is 18.4. The molecule has 6 heteroatoms. The molecule has 3 N–H and O–H groups in total. The van der Waals surface area contributed by atoms with Gasteiger partial charge in [-0.05, 0) is 24.5 Å². The van der Waals surface area contributed by atoms with E-state index in [0.717, 1.165) is 5.56 Å². The van der Waals surface area contributed by atoms with E-state index in [0.29, 0.717) is 31.6 Å². The highest BCUT2D eigenvalue weighted by atomic mass is 16.5. The fourth-order valence-electron chi connectivity index (χ4n) is 2.61. The van der Waals surface area contributed by atoms with E-state index < -0.39 is 18.1 Å². The molecule has 2 rings (SSSR count). The second-order valence-electron chi connectivity index (χ2n) is 5.14. The van der Waals surface area contributed by atoms with Crippen LogP contribution in [0, 0.1) is 0 Å². The number of carbonyl (C=O) groups is 2. The number of ether oxygens (including phenoxy) is 1. The molecule has 0 saturated carbocycles. The Hall–Kier alpha value is -1.92. The number of hydrogen-bond donors (Lipinski definition) is 2. The van der Waals surface area contributed by atoms with E-state index in [1.54, 1.807) is 19.2 Å². The lowest BCUT2D eigenvalue weighted by Gasteiger charge is -2.25. The Morgan fingerprint density at radius 3 is 2.86 bits per heavy atom. The van der Waals surface area contributed by atoms with Crippen molar-refractivity contribution >= 4 is 17.6 Å². The minimum Gasteiger partial charge on any atom is -0.480 e. The summed E-state index contributed by atoms with van der Waals surface area (Å²) in [5.41, 5.74) is 7.43. The third-order valence-electron chi connectivity index (χ3n) is 3.68. The highest BCUT2D eigenvalue weighted by Crippen LogP contribution is 2.32. The van der Waals surface area contributed by atoms with Crippen molar-refractivity contribution in [3.8, 4) is 0 Å². The quantitative estimate of drug-likeness (QED) is 0.756. The molecule has 0 aromatic heterocycles. The Bertz CT molecular complexity index is 532. The summed E-state index contributed by atoms with van der Waals surface area (Å²) >= 11 is 0. The van der Waals surface area contributed by atoms with E-state index >= 15 is 0 Å². The molecule has 1 aromatic rings. The highest BCUT2D eigenvalue weighted by molar-refractivity contribution is 6.04. The molecule has 1 unspecified atom stereocenters. The number of nitrogens with two attached hydrogens (primary N) is 1. The number of rotatable bonds is 6. The minimum absolute atomic E-state index is 0.321. The average molecular weight is 292 g/mol. The topological polar surface area (TPSA) is 92.9 Å². The van der Waals surface area contributed by atoms with Crippen molar-refractivity contribution in [2.75, 3.05) is 18.6 Å².